The van der Waals surface area contributed by atoms with E-state index in [2.05, 4.69) is 17.0 Å². The van der Waals surface area contributed by atoms with Crippen LogP contribution in [0.5, 0.6) is 0 Å². The largest absolute Gasteiger partial charge is 0.355 e. The molecule has 0 bridgehead atoms. The van der Waals surface area contributed by atoms with Crippen molar-refractivity contribution in [3.05, 3.63) is 29.3 Å². The minimum atomic E-state index is -3.76. The van der Waals surface area contributed by atoms with Crippen molar-refractivity contribution < 1.29 is 13.2 Å². The maximum Gasteiger partial charge on any atom is 0.242 e. The minimum absolute atomic E-state index is 0.0274. The molecule has 1 amide bonds. The summed E-state index contributed by atoms with van der Waals surface area (Å²) >= 11 is 5.82. The minimum Gasteiger partial charge on any atom is -0.355 e. The predicted octanol–water partition coefficient (Wildman–Crippen LogP) is 1.92. The summed E-state index contributed by atoms with van der Waals surface area (Å²) in [7, 11) is -3.76. The van der Waals surface area contributed by atoms with Gasteiger partial charge in [0.05, 0.1) is 11.6 Å². The van der Waals surface area contributed by atoms with E-state index in [4.69, 9.17) is 11.6 Å². The Morgan fingerprint density at radius 3 is 2.60 bits per heavy atom. The Morgan fingerprint density at radius 1 is 1.25 bits per heavy atom. The molecular weight excluding hydrogens is 300 g/mol. The highest BCUT2D eigenvalue weighted by Crippen LogP contribution is 2.19. The van der Waals surface area contributed by atoms with Crippen LogP contribution >= 0.6 is 11.6 Å². The third-order valence-corrected chi connectivity index (χ3v) is 4.55. The van der Waals surface area contributed by atoms with Crippen LogP contribution in [0.25, 0.3) is 0 Å². The van der Waals surface area contributed by atoms with E-state index in [9.17, 15) is 13.2 Å². The van der Waals surface area contributed by atoms with Gasteiger partial charge in [-0.05, 0) is 18.6 Å². The normalized spacial score (nSPS) is 11.3. The molecule has 0 radical (unpaired) electrons. The Kier molecular flexibility index (Phi) is 6.98. The van der Waals surface area contributed by atoms with Crippen molar-refractivity contribution in [2.24, 2.45) is 0 Å². The Labute approximate surface area is 124 Å². The number of carbonyl (C=O) groups excluding carboxylic acids is 1. The van der Waals surface area contributed by atoms with Crippen LogP contribution in [-0.2, 0) is 14.8 Å². The first-order chi connectivity index (χ1) is 9.47. The predicted molar refractivity (Wildman–Crippen MR) is 79.2 cm³/mol. The van der Waals surface area contributed by atoms with Crippen molar-refractivity contribution in [1.29, 1.82) is 0 Å². The lowest BCUT2D eigenvalue weighted by Gasteiger charge is -2.08. The Hall–Kier alpha value is -1.11. The van der Waals surface area contributed by atoms with Crippen LogP contribution in [0.15, 0.2) is 29.2 Å². The molecule has 1 aromatic carbocycles. The van der Waals surface area contributed by atoms with Crippen molar-refractivity contribution in [2.45, 2.75) is 31.1 Å². The number of carbonyl (C=O) groups is 1. The van der Waals surface area contributed by atoms with Crippen molar-refractivity contribution in [3.8, 4) is 0 Å². The van der Waals surface area contributed by atoms with E-state index in [-0.39, 0.29) is 22.4 Å². The number of sulfonamides is 1. The summed E-state index contributed by atoms with van der Waals surface area (Å²) in [4.78, 5) is 11.5. The smallest absolute Gasteiger partial charge is 0.242 e. The van der Waals surface area contributed by atoms with Crippen molar-refractivity contribution in [3.63, 3.8) is 0 Å². The van der Waals surface area contributed by atoms with Gasteiger partial charge < -0.3 is 5.32 Å². The number of amides is 1. The highest BCUT2D eigenvalue weighted by molar-refractivity contribution is 7.89. The van der Waals surface area contributed by atoms with Crippen LogP contribution in [0.1, 0.15) is 26.2 Å². The maximum atomic E-state index is 12.0. The summed E-state index contributed by atoms with van der Waals surface area (Å²) in [5.74, 6) is -0.350. The second-order valence-electron chi connectivity index (χ2n) is 4.31. The molecule has 1 rings (SSSR count). The average Bonchev–Trinajstić information content (AvgIpc) is 2.42. The van der Waals surface area contributed by atoms with E-state index in [1.807, 2.05) is 0 Å². The number of rotatable bonds is 8. The summed E-state index contributed by atoms with van der Waals surface area (Å²) in [6, 6.07) is 6.10. The highest BCUT2D eigenvalue weighted by Gasteiger charge is 2.18. The quantitative estimate of drug-likeness (QED) is 0.719. The molecule has 2 N–H and O–H groups in total. The molecular formula is C13H19ClN2O3S. The Balaban J connectivity index is 2.48. The zero-order valence-corrected chi connectivity index (χ0v) is 12.9. The summed E-state index contributed by atoms with van der Waals surface area (Å²) in [5, 5.41) is 2.79. The first kappa shape index (κ1) is 16.9. The molecule has 0 heterocycles. The van der Waals surface area contributed by atoms with Crippen molar-refractivity contribution in [2.75, 3.05) is 13.1 Å². The molecule has 0 saturated heterocycles. The van der Waals surface area contributed by atoms with Gasteiger partial charge in [0.15, 0.2) is 0 Å². The lowest BCUT2D eigenvalue weighted by atomic mass is 10.2. The van der Waals surface area contributed by atoms with E-state index in [1.54, 1.807) is 12.1 Å². The topological polar surface area (TPSA) is 75.3 Å². The van der Waals surface area contributed by atoms with Gasteiger partial charge >= 0.3 is 0 Å². The van der Waals surface area contributed by atoms with E-state index in [1.165, 1.54) is 12.1 Å². The van der Waals surface area contributed by atoms with Crippen LogP contribution < -0.4 is 10.0 Å². The van der Waals surface area contributed by atoms with Gasteiger partial charge in [0.1, 0.15) is 4.90 Å². The Morgan fingerprint density at radius 2 is 1.95 bits per heavy atom. The number of nitrogens with one attached hydrogen (secondary N) is 2. The van der Waals surface area contributed by atoms with Crippen LogP contribution in [0.2, 0.25) is 5.02 Å². The molecule has 0 fully saturated rings. The molecule has 0 aliphatic carbocycles. The maximum absolute atomic E-state index is 12.0. The number of halogens is 1. The molecule has 112 valence electrons. The van der Waals surface area contributed by atoms with Gasteiger partial charge in [0, 0.05) is 6.54 Å². The van der Waals surface area contributed by atoms with E-state index in [0.717, 1.165) is 19.3 Å². The molecule has 20 heavy (non-hydrogen) atoms. The fraction of sp³-hybridized carbons (Fsp3) is 0.462. The van der Waals surface area contributed by atoms with Crippen LogP contribution in [-0.4, -0.2) is 27.4 Å². The van der Waals surface area contributed by atoms with Gasteiger partial charge in [0.25, 0.3) is 0 Å². The summed E-state index contributed by atoms with van der Waals surface area (Å²) in [6.45, 7) is 2.33. The molecule has 0 atom stereocenters. The number of benzene rings is 1. The van der Waals surface area contributed by atoms with Crippen LogP contribution in [0, 0.1) is 0 Å². The monoisotopic (exact) mass is 318 g/mol. The fourth-order valence-corrected chi connectivity index (χ4v) is 3.07. The summed E-state index contributed by atoms with van der Waals surface area (Å²) in [6.07, 6.45) is 2.99. The zero-order valence-electron chi connectivity index (χ0n) is 11.4. The average molecular weight is 319 g/mol. The van der Waals surface area contributed by atoms with E-state index < -0.39 is 10.0 Å². The zero-order chi connectivity index (χ0) is 15.0. The van der Waals surface area contributed by atoms with Gasteiger partial charge in [-0.15, -0.1) is 0 Å². The van der Waals surface area contributed by atoms with Gasteiger partial charge in [-0.1, -0.05) is 43.5 Å². The molecule has 0 spiro atoms. The van der Waals surface area contributed by atoms with E-state index >= 15 is 0 Å². The van der Waals surface area contributed by atoms with Crippen LogP contribution in [0.4, 0.5) is 0 Å². The first-order valence-electron chi connectivity index (χ1n) is 6.48. The standard InChI is InChI=1S/C13H19ClN2O3S/c1-2-3-6-9-15-13(17)10-16-20(18,19)12-8-5-4-7-11(12)14/h4-5,7-8,16H,2-3,6,9-10H2,1H3,(H,15,17). The van der Waals surface area contributed by atoms with Crippen molar-refractivity contribution >= 4 is 27.5 Å². The Bertz CT molecular complexity index is 546. The third kappa shape index (κ3) is 5.48. The summed E-state index contributed by atoms with van der Waals surface area (Å²) < 4.78 is 26.1. The van der Waals surface area contributed by atoms with Gasteiger partial charge in [0.2, 0.25) is 15.9 Å². The van der Waals surface area contributed by atoms with Gasteiger partial charge in [-0.2, -0.15) is 0 Å². The molecule has 0 saturated carbocycles. The third-order valence-electron chi connectivity index (χ3n) is 2.65. The van der Waals surface area contributed by atoms with E-state index in [0.29, 0.717) is 6.54 Å². The molecule has 7 heteroatoms. The highest BCUT2D eigenvalue weighted by atomic mass is 35.5. The van der Waals surface area contributed by atoms with Crippen molar-refractivity contribution in [1.82, 2.24) is 10.0 Å². The van der Waals surface area contributed by atoms with Gasteiger partial charge in [-0.3, -0.25) is 4.79 Å². The van der Waals surface area contributed by atoms with Gasteiger partial charge in [-0.25, -0.2) is 13.1 Å². The molecule has 5 nitrogen and oxygen atoms in total. The second kappa shape index (κ2) is 8.24. The fourth-order valence-electron chi connectivity index (χ4n) is 1.57. The molecule has 0 aliphatic rings. The second-order valence-corrected chi connectivity index (χ2v) is 6.45. The molecule has 0 aliphatic heterocycles. The molecule has 0 aromatic heterocycles. The number of hydrogen-bond acceptors (Lipinski definition) is 3. The van der Waals surface area contributed by atoms with Crippen LogP contribution in [0.3, 0.4) is 0 Å². The summed E-state index contributed by atoms with van der Waals surface area (Å²) in [5.41, 5.74) is 0. The lowest BCUT2D eigenvalue weighted by molar-refractivity contribution is -0.119. The number of unbranched alkanes of at least 4 members (excludes halogenated alkanes) is 2. The molecule has 0 unspecified atom stereocenters. The first-order valence-corrected chi connectivity index (χ1v) is 8.34. The number of hydrogen-bond donors (Lipinski definition) is 2. The lowest BCUT2D eigenvalue weighted by Crippen LogP contribution is -2.37. The molecule has 1 aromatic rings. The SMILES string of the molecule is CCCCCNC(=O)CNS(=O)(=O)c1ccccc1Cl.